The van der Waals surface area contributed by atoms with Gasteiger partial charge >= 0.3 is 0 Å². The second kappa shape index (κ2) is 12.9. The maximum absolute atomic E-state index is 11.0. The number of hydrogen-bond donors (Lipinski definition) is 0. The molecule has 0 saturated carbocycles. The van der Waals surface area contributed by atoms with E-state index in [1.54, 1.807) is 46.9 Å². The largest absolute Gasteiger partial charge is 0.269 e. The summed E-state index contributed by atoms with van der Waals surface area (Å²) in [7, 11) is 0. The molecule has 0 aliphatic carbocycles. The van der Waals surface area contributed by atoms with Crippen LogP contribution in [0, 0.1) is 20.2 Å². The topological polar surface area (TPSA) is 86.3 Å². The van der Waals surface area contributed by atoms with Gasteiger partial charge in [0, 0.05) is 34.0 Å². The Morgan fingerprint density at radius 3 is 1.26 bits per heavy atom. The molecule has 0 radical (unpaired) electrons. The smallest absolute Gasteiger partial charge is 0.258 e. The normalized spacial score (nSPS) is 12.5. The van der Waals surface area contributed by atoms with Gasteiger partial charge in [0.25, 0.3) is 11.4 Å². The fraction of sp³-hybridized carbons (Fsp3) is 0. The number of nitrogens with zero attached hydrogens (tertiary/aromatic N) is 2. The van der Waals surface area contributed by atoms with Gasteiger partial charge in [-0.15, -0.1) is 22.7 Å². The lowest BCUT2D eigenvalue weighted by molar-refractivity contribution is -0.385. The van der Waals surface area contributed by atoms with Gasteiger partial charge in [-0.2, -0.15) is 0 Å². The Morgan fingerprint density at radius 2 is 0.974 bits per heavy atom. The Kier molecular flexibility index (Phi) is 9.35. The Bertz CT molecular complexity index is 1460. The fourth-order valence-corrected chi connectivity index (χ4v) is 6.11. The lowest BCUT2D eigenvalue weighted by atomic mass is 10.0. The van der Waals surface area contributed by atoms with Crippen molar-refractivity contribution in [2.24, 2.45) is 0 Å². The van der Waals surface area contributed by atoms with Crippen LogP contribution in [-0.2, 0) is 0 Å². The van der Waals surface area contributed by atoms with Crippen LogP contribution in [0.3, 0.4) is 0 Å². The molecule has 0 aliphatic rings. The molecule has 190 valence electrons. The second-order valence-corrected chi connectivity index (χ2v) is 12.8. The summed E-state index contributed by atoms with van der Waals surface area (Å²) in [6.45, 7) is 0. The van der Waals surface area contributed by atoms with Gasteiger partial charge in [-0.25, -0.2) is 0 Å². The minimum absolute atomic E-state index is 0.0382. The van der Waals surface area contributed by atoms with Gasteiger partial charge < -0.3 is 0 Å². The molecular weight excluding hydrogens is 652 g/mol. The van der Waals surface area contributed by atoms with Crippen LogP contribution in [0.15, 0.2) is 104 Å². The van der Waals surface area contributed by atoms with Crippen LogP contribution in [0.1, 0.15) is 20.9 Å². The number of halogens is 2. The van der Waals surface area contributed by atoms with Crippen molar-refractivity contribution >= 4 is 90.2 Å². The number of hydrogen-bond acceptors (Lipinski definition) is 6. The van der Waals surface area contributed by atoms with Gasteiger partial charge in [-0.05, 0) is 115 Å². The molecule has 2 heterocycles. The van der Waals surface area contributed by atoms with Crippen molar-refractivity contribution in [3.63, 3.8) is 0 Å². The highest BCUT2D eigenvalue weighted by Gasteiger charge is 2.07. The summed E-state index contributed by atoms with van der Waals surface area (Å²) in [5.41, 5.74) is 3.56. The van der Waals surface area contributed by atoms with Crippen molar-refractivity contribution in [1.29, 1.82) is 0 Å². The van der Waals surface area contributed by atoms with Crippen LogP contribution in [0.4, 0.5) is 11.4 Å². The monoisotopic (exact) mass is 668 g/mol. The van der Waals surface area contributed by atoms with E-state index in [9.17, 15) is 20.2 Å². The number of nitro groups is 2. The predicted octanol–water partition coefficient (Wildman–Crippen LogP) is 10.0. The lowest BCUT2D eigenvalue weighted by Crippen LogP contribution is -1.88. The number of allylic oxidation sites excluding steroid dienone is 4. The van der Waals surface area contributed by atoms with Gasteiger partial charge in [-0.1, -0.05) is 24.3 Å². The molecule has 2 aromatic heterocycles. The Morgan fingerprint density at radius 1 is 0.605 bits per heavy atom. The maximum atomic E-state index is 11.0. The molecule has 0 N–H and O–H groups in total. The molecule has 0 aliphatic heterocycles. The minimum atomic E-state index is -0.420. The van der Waals surface area contributed by atoms with E-state index in [1.165, 1.54) is 24.3 Å². The van der Waals surface area contributed by atoms with Crippen LogP contribution in [0.5, 0.6) is 0 Å². The molecule has 4 rings (SSSR count). The summed E-state index contributed by atoms with van der Waals surface area (Å²) in [6.07, 6.45) is 11.9. The average molecular weight is 670 g/mol. The number of thiophene rings is 2. The van der Waals surface area contributed by atoms with Crippen molar-refractivity contribution in [2.75, 3.05) is 0 Å². The van der Waals surface area contributed by atoms with E-state index in [0.29, 0.717) is 0 Å². The molecule has 6 nitrogen and oxygen atoms in total. The highest BCUT2D eigenvalue weighted by atomic mass is 79.9. The zero-order valence-electron chi connectivity index (χ0n) is 19.5. The van der Waals surface area contributed by atoms with E-state index < -0.39 is 9.85 Å². The van der Waals surface area contributed by atoms with Crippen LogP contribution < -0.4 is 0 Å². The van der Waals surface area contributed by atoms with Crippen molar-refractivity contribution in [1.82, 2.24) is 0 Å². The molecule has 2 aromatic carbocycles. The highest BCUT2D eigenvalue weighted by molar-refractivity contribution is 9.11. The molecule has 10 heteroatoms. The molecule has 0 saturated heterocycles. The van der Waals surface area contributed by atoms with E-state index in [1.807, 2.05) is 48.6 Å². The Labute approximate surface area is 243 Å². The number of rotatable bonds is 9. The molecule has 0 fully saturated rings. The molecule has 0 unspecified atom stereocenters. The molecule has 0 amide bonds. The summed E-state index contributed by atoms with van der Waals surface area (Å²) in [6, 6.07) is 20.8. The molecule has 38 heavy (non-hydrogen) atoms. The van der Waals surface area contributed by atoms with E-state index in [4.69, 9.17) is 0 Å². The van der Waals surface area contributed by atoms with Crippen LogP contribution in [0.25, 0.3) is 24.3 Å². The number of nitro benzene ring substituents is 2. The number of non-ortho nitro benzene ring substituents is 2. The summed E-state index contributed by atoms with van der Waals surface area (Å²) in [5.74, 6) is 0. The summed E-state index contributed by atoms with van der Waals surface area (Å²) in [4.78, 5) is 23.3. The van der Waals surface area contributed by atoms with Crippen LogP contribution in [-0.4, -0.2) is 9.85 Å². The maximum Gasteiger partial charge on any atom is 0.269 e. The number of benzene rings is 2. The SMILES string of the molecule is O=[N+]([O-])c1ccc(/C=C/C(=C\c2ccc(Br)s2)C(/C=C/c2ccc([N+](=O)[O-])cc2)=C/c2ccc(Br)s2)cc1. The van der Waals surface area contributed by atoms with Crippen molar-refractivity contribution in [2.45, 2.75) is 0 Å². The predicted molar refractivity (Wildman–Crippen MR) is 164 cm³/mol. The third-order valence-electron chi connectivity index (χ3n) is 5.24. The molecule has 0 bridgehead atoms. The van der Waals surface area contributed by atoms with Gasteiger partial charge in [-0.3, -0.25) is 20.2 Å². The summed E-state index contributed by atoms with van der Waals surface area (Å²) in [5, 5.41) is 22.0. The van der Waals surface area contributed by atoms with E-state index in [2.05, 4.69) is 44.0 Å². The lowest BCUT2D eigenvalue weighted by Gasteiger charge is -2.06. The minimum Gasteiger partial charge on any atom is -0.258 e. The van der Waals surface area contributed by atoms with Gasteiger partial charge in [0.15, 0.2) is 0 Å². The highest BCUT2D eigenvalue weighted by Crippen LogP contribution is 2.31. The van der Waals surface area contributed by atoms with Gasteiger partial charge in [0.2, 0.25) is 0 Å². The van der Waals surface area contributed by atoms with Gasteiger partial charge in [0.05, 0.1) is 17.4 Å². The average Bonchev–Trinajstić information content (AvgIpc) is 3.51. The quantitative estimate of drug-likeness (QED) is 0.101. The summed E-state index contributed by atoms with van der Waals surface area (Å²) >= 11 is 10.2. The van der Waals surface area contributed by atoms with E-state index >= 15 is 0 Å². The molecular formula is C28H18Br2N2O4S2. The Balaban J connectivity index is 1.76. The van der Waals surface area contributed by atoms with Crippen molar-refractivity contribution in [3.8, 4) is 0 Å². The first-order valence-electron chi connectivity index (χ1n) is 11.1. The first-order valence-corrected chi connectivity index (χ1v) is 14.3. The zero-order valence-corrected chi connectivity index (χ0v) is 24.3. The van der Waals surface area contributed by atoms with E-state index in [-0.39, 0.29) is 11.4 Å². The zero-order chi connectivity index (χ0) is 27.1. The fourth-order valence-electron chi connectivity index (χ4n) is 3.36. The molecule has 0 spiro atoms. The Hall–Kier alpha value is -3.44. The van der Waals surface area contributed by atoms with Gasteiger partial charge in [0.1, 0.15) is 0 Å². The molecule has 4 aromatic rings. The van der Waals surface area contributed by atoms with Crippen molar-refractivity contribution < 1.29 is 9.85 Å². The molecule has 0 atom stereocenters. The van der Waals surface area contributed by atoms with Crippen LogP contribution in [0.2, 0.25) is 0 Å². The third-order valence-corrected chi connectivity index (χ3v) is 8.38. The first-order chi connectivity index (χ1) is 18.3. The first kappa shape index (κ1) is 27.6. The van der Waals surface area contributed by atoms with Crippen molar-refractivity contribution in [3.05, 3.63) is 145 Å². The van der Waals surface area contributed by atoms with E-state index in [0.717, 1.165) is 39.6 Å². The third kappa shape index (κ3) is 7.78. The standard InChI is InChI=1S/C28H18Br2N2O4S2/c29-27-15-13-25(37-27)17-21(7-1-19-3-9-23(10-4-19)31(33)34)22(18-26-14-16-28(30)38-26)8-2-20-5-11-24(12-6-20)32(35)36/h1-18H/b7-1+,8-2+,21-17+,22-18+. The van der Waals surface area contributed by atoms with Crippen LogP contribution >= 0.6 is 54.5 Å². The summed E-state index contributed by atoms with van der Waals surface area (Å²) < 4.78 is 2.02. The second-order valence-electron chi connectivity index (χ2n) is 7.85.